The van der Waals surface area contributed by atoms with Gasteiger partial charge < -0.3 is 0 Å². The number of hydrogen-bond acceptors (Lipinski definition) is 0. The molecule has 3 aliphatic carbocycles. The molecule has 3 fully saturated rings. The second kappa shape index (κ2) is 1.93. The summed E-state index contributed by atoms with van der Waals surface area (Å²) in [5.41, 5.74) is 0. The summed E-state index contributed by atoms with van der Waals surface area (Å²) in [5.74, 6) is 3.93. The Labute approximate surface area is 57.6 Å². The van der Waals surface area contributed by atoms with Crippen LogP contribution >= 0.6 is 0 Å². The highest BCUT2D eigenvalue weighted by Crippen LogP contribution is 2.45. The van der Waals surface area contributed by atoms with Crippen LogP contribution < -0.4 is 0 Å². The maximum atomic E-state index is 2.36. The molecule has 3 saturated carbocycles. The highest BCUT2D eigenvalue weighted by Gasteiger charge is 2.40. The van der Waals surface area contributed by atoms with Crippen LogP contribution in [0.1, 0.15) is 39.0 Å². The number of hydrogen-bond donors (Lipinski definition) is 0. The van der Waals surface area contributed by atoms with Crippen LogP contribution in [0, 0.1) is 17.8 Å². The van der Waals surface area contributed by atoms with Crippen LogP contribution in [0.5, 0.6) is 0 Å². The van der Waals surface area contributed by atoms with E-state index in [4.69, 9.17) is 0 Å². The molecule has 0 aromatic carbocycles. The summed E-state index contributed by atoms with van der Waals surface area (Å²) in [7, 11) is 0. The Morgan fingerprint density at radius 3 is 2.00 bits per heavy atom. The van der Waals surface area contributed by atoms with Gasteiger partial charge in [0.15, 0.2) is 0 Å². The predicted octanol–water partition coefficient (Wildman–Crippen LogP) is 2.79. The minimum atomic E-state index is 1.04. The Balaban J connectivity index is 2.06. The molecular weight excluding hydrogens is 108 g/mol. The van der Waals surface area contributed by atoms with Crippen molar-refractivity contribution in [2.75, 3.05) is 0 Å². The van der Waals surface area contributed by atoms with Crippen LogP contribution in [-0.2, 0) is 0 Å². The highest BCUT2D eigenvalue weighted by atomic mass is 14.4. The molecule has 0 N–H and O–H groups in total. The summed E-state index contributed by atoms with van der Waals surface area (Å²) in [6.07, 6.45) is 7.54. The predicted molar refractivity (Wildman–Crippen MR) is 39.0 cm³/mol. The lowest BCUT2D eigenvalue weighted by atomic mass is 9.65. The van der Waals surface area contributed by atoms with Gasteiger partial charge in [0.05, 0.1) is 25.2 Å². The molecule has 0 heteroatoms. The van der Waals surface area contributed by atoms with Crippen LogP contribution in [0.2, 0.25) is 0 Å². The van der Waals surface area contributed by atoms with E-state index in [0.717, 1.165) is 11.8 Å². The maximum absolute atomic E-state index is 2.36. The minimum absolute atomic E-state index is 1.04. The first-order valence-corrected chi connectivity index (χ1v) is 4.18. The molecule has 0 heterocycles. The molecule has 0 saturated heterocycles. The molecule has 0 aromatic rings. The third kappa shape index (κ3) is 0.849. The zero-order valence-electron chi connectivity index (χ0n) is 6.19. The molecule has 0 unspecified atom stereocenters. The van der Waals surface area contributed by atoms with Gasteiger partial charge in [0.1, 0.15) is 0 Å². The first kappa shape index (κ1) is 5.64. The third-order valence-corrected chi connectivity index (χ3v) is 3.15. The van der Waals surface area contributed by atoms with Gasteiger partial charge in [0.25, 0.3) is 0 Å². The SMILES string of the molecule is C[C+]1CC2CCC1CC2. The molecular formula is C9H15+. The van der Waals surface area contributed by atoms with E-state index in [2.05, 4.69) is 6.92 Å². The lowest BCUT2D eigenvalue weighted by Crippen LogP contribution is -2.27. The van der Waals surface area contributed by atoms with Gasteiger partial charge in [-0.1, -0.05) is 0 Å². The summed E-state index contributed by atoms with van der Waals surface area (Å²) in [6.45, 7) is 2.36. The Morgan fingerprint density at radius 2 is 1.78 bits per heavy atom. The summed E-state index contributed by atoms with van der Waals surface area (Å²) in [4.78, 5) is 0. The molecule has 3 aliphatic rings. The average Bonchev–Trinajstić information content (AvgIpc) is 1.90. The molecule has 50 valence electrons. The maximum Gasteiger partial charge on any atom is 0.0999 e. The van der Waals surface area contributed by atoms with Crippen molar-refractivity contribution >= 4 is 0 Å². The normalized spacial score (nSPS) is 41.7. The molecule has 2 bridgehead atoms. The van der Waals surface area contributed by atoms with Crippen molar-refractivity contribution in [3.05, 3.63) is 5.92 Å². The summed E-state index contributed by atoms with van der Waals surface area (Å²) in [5, 5.41) is 0. The monoisotopic (exact) mass is 123 g/mol. The quantitative estimate of drug-likeness (QED) is 0.434. The van der Waals surface area contributed by atoms with Crippen molar-refractivity contribution in [3.63, 3.8) is 0 Å². The Kier molecular flexibility index (Phi) is 1.21. The Hall–Kier alpha value is -0.130. The lowest BCUT2D eigenvalue weighted by molar-refractivity contribution is 0.204. The molecule has 3 rings (SSSR count). The zero-order chi connectivity index (χ0) is 6.27. The van der Waals surface area contributed by atoms with Crippen molar-refractivity contribution in [1.82, 2.24) is 0 Å². The largest absolute Gasteiger partial charge is 0.0999 e. The summed E-state index contributed by atoms with van der Waals surface area (Å²) >= 11 is 0. The van der Waals surface area contributed by atoms with E-state index in [0.29, 0.717) is 0 Å². The topological polar surface area (TPSA) is 0 Å². The fourth-order valence-electron chi connectivity index (χ4n) is 2.48. The van der Waals surface area contributed by atoms with Crippen molar-refractivity contribution < 1.29 is 0 Å². The molecule has 0 spiro atoms. The molecule has 0 atom stereocenters. The van der Waals surface area contributed by atoms with Crippen LogP contribution in [0.4, 0.5) is 0 Å². The van der Waals surface area contributed by atoms with E-state index in [1.54, 1.807) is 5.92 Å². The van der Waals surface area contributed by atoms with Gasteiger partial charge in [0.2, 0.25) is 0 Å². The zero-order valence-corrected chi connectivity index (χ0v) is 6.19. The Morgan fingerprint density at radius 1 is 1.11 bits per heavy atom. The van der Waals surface area contributed by atoms with E-state index in [1.807, 2.05) is 0 Å². The highest BCUT2D eigenvalue weighted by molar-refractivity contribution is 5.01. The summed E-state index contributed by atoms with van der Waals surface area (Å²) < 4.78 is 0. The number of rotatable bonds is 0. The first-order valence-electron chi connectivity index (χ1n) is 4.18. The van der Waals surface area contributed by atoms with E-state index in [-0.39, 0.29) is 0 Å². The van der Waals surface area contributed by atoms with Crippen LogP contribution in [0.25, 0.3) is 0 Å². The van der Waals surface area contributed by atoms with E-state index in [1.165, 1.54) is 32.1 Å². The second-order valence-corrected chi connectivity index (χ2v) is 3.77. The van der Waals surface area contributed by atoms with Crippen molar-refractivity contribution in [1.29, 1.82) is 0 Å². The average molecular weight is 123 g/mol. The molecule has 0 radical (unpaired) electrons. The standard InChI is InChI=1S/C9H15/c1-7-6-8-2-4-9(7)5-3-8/h8-9H,2-6H2,1H3/q+1. The molecule has 0 amide bonds. The van der Waals surface area contributed by atoms with Gasteiger partial charge in [-0.15, -0.1) is 0 Å². The second-order valence-electron chi connectivity index (χ2n) is 3.77. The van der Waals surface area contributed by atoms with Gasteiger partial charge in [-0.3, -0.25) is 0 Å². The molecule has 0 aliphatic heterocycles. The van der Waals surface area contributed by atoms with E-state index >= 15 is 0 Å². The van der Waals surface area contributed by atoms with Crippen LogP contribution in [0.15, 0.2) is 0 Å². The minimum Gasteiger partial charge on any atom is -0.0420 e. The fourth-order valence-corrected chi connectivity index (χ4v) is 2.48. The van der Waals surface area contributed by atoms with Crippen molar-refractivity contribution in [2.24, 2.45) is 11.8 Å². The van der Waals surface area contributed by atoms with E-state index < -0.39 is 0 Å². The van der Waals surface area contributed by atoms with Gasteiger partial charge in [-0.25, -0.2) is 0 Å². The van der Waals surface area contributed by atoms with Gasteiger partial charge in [-0.2, -0.15) is 0 Å². The Bertz CT molecular complexity index is 98.6. The van der Waals surface area contributed by atoms with Crippen LogP contribution in [-0.4, -0.2) is 0 Å². The molecule has 0 aromatic heterocycles. The molecule has 0 nitrogen and oxygen atoms in total. The summed E-state index contributed by atoms with van der Waals surface area (Å²) in [6, 6.07) is 0. The van der Waals surface area contributed by atoms with Gasteiger partial charge in [-0.05, 0) is 31.6 Å². The van der Waals surface area contributed by atoms with E-state index in [9.17, 15) is 0 Å². The van der Waals surface area contributed by atoms with Crippen molar-refractivity contribution in [3.8, 4) is 0 Å². The smallest absolute Gasteiger partial charge is 0.0420 e. The van der Waals surface area contributed by atoms with Gasteiger partial charge >= 0.3 is 0 Å². The first-order chi connectivity index (χ1) is 4.36. The van der Waals surface area contributed by atoms with Gasteiger partial charge in [0, 0.05) is 0 Å². The lowest BCUT2D eigenvalue weighted by Gasteiger charge is -2.32. The fraction of sp³-hybridized carbons (Fsp3) is 0.889. The van der Waals surface area contributed by atoms with Crippen LogP contribution in [0.3, 0.4) is 0 Å². The third-order valence-electron chi connectivity index (χ3n) is 3.15. The number of fused-ring (bicyclic) bond motifs is 3. The molecule has 9 heavy (non-hydrogen) atoms. The van der Waals surface area contributed by atoms with Crippen molar-refractivity contribution in [2.45, 2.75) is 39.0 Å².